The van der Waals surface area contributed by atoms with Gasteiger partial charge in [-0.3, -0.25) is 0 Å². The molecule has 1 aromatic carbocycles. The number of benzene rings is 1. The van der Waals surface area contributed by atoms with Gasteiger partial charge in [-0.1, -0.05) is 37.0 Å². The average molecular weight is 297 g/mol. The molecule has 0 aliphatic carbocycles. The van der Waals surface area contributed by atoms with E-state index in [4.69, 9.17) is 28.3 Å². The van der Waals surface area contributed by atoms with Gasteiger partial charge in [-0.05, 0) is 17.7 Å². The highest BCUT2D eigenvalue weighted by atomic mass is 35.5. The molecule has 96 valence electrons. The van der Waals surface area contributed by atoms with Crippen LogP contribution in [0.5, 0.6) is 0 Å². The van der Waals surface area contributed by atoms with E-state index < -0.39 is 10.0 Å². The molecule has 0 aromatic heterocycles. The van der Waals surface area contributed by atoms with Gasteiger partial charge in [0, 0.05) is 17.6 Å². The van der Waals surface area contributed by atoms with Crippen LogP contribution in [0.25, 0.3) is 0 Å². The Bertz CT molecular complexity index is 515. The van der Waals surface area contributed by atoms with E-state index in [1.54, 1.807) is 6.07 Å². The van der Waals surface area contributed by atoms with Crippen LogP contribution in [-0.4, -0.2) is 14.5 Å². The van der Waals surface area contributed by atoms with E-state index in [2.05, 4.69) is 5.32 Å². The summed E-state index contributed by atoms with van der Waals surface area (Å²) in [6.45, 7) is 4.37. The lowest BCUT2D eigenvalue weighted by Gasteiger charge is -2.12. The molecule has 0 saturated heterocycles. The second kappa shape index (κ2) is 5.54. The summed E-state index contributed by atoms with van der Waals surface area (Å²) in [7, 11) is -3.86. The van der Waals surface area contributed by atoms with Crippen LogP contribution < -0.4 is 10.5 Å². The Kier molecular flexibility index (Phi) is 4.80. The number of sulfonamides is 1. The summed E-state index contributed by atoms with van der Waals surface area (Å²) in [6.07, 6.45) is 0. The van der Waals surface area contributed by atoms with Gasteiger partial charge in [0.15, 0.2) is 0 Å². The fourth-order valence-corrected chi connectivity index (χ4v) is 2.74. The van der Waals surface area contributed by atoms with Crippen molar-refractivity contribution in [2.75, 3.05) is 0 Å². The van der Waals surface area contributed by atoms with Crippen LogP contribution in [-0.2, 0) is 16.6 Å². The summed E-state index contributed by atoms with van der Waals surface area (Å²) < 4.78 is 22.6. The Morgan fingerprint density at radius 3 is 2.41 bits per heavy atom. The summed E-state index contributed by atoms with van der Waals surface area (Å²) in [5, 5.41) is 8.60. The predicted molar refractivity (Wildman–Crippen MR) is 69.8 cm³/mol. The third-order valence-electron chi connectivity index (χ3n) is 2.09. The van der Waals surface area contributed by atoms with E-state index in [-0.39, 0.29) is 16.0 Å². The van der Waals surface area contributed by atoms with Crippen LogP contribution in [0, 0.1) is 0 Å². The number of hydrogen-bond acceptors (Lipinski definition) is 3. The van der Waals surface area contributed by atoms with Gasteiger partial charge in [0.2, 0.25) is 10.0 Å². The van der Waals surface area contributed by atoms with Crippen molar-refractivity contribution in [2.45, 2.75) is 31.3 Å². The van der Waals surface area contributed by atoms with Gasteiger partial charge in [0.05, 0.1) is 5.02 Å². The zero-order chi connectivity index (χ0) is 13.2. The molecule has 0 atom stereocenters. The number of halogens is 2. The van der Waals surface area contributed by atoms with Crippen molar-refractivity contribution < 1.29 is 8.42 Å². The van der Waals surface area contributed by atoms with Crippen molar-refractivity contribution in [1.29, 1.82) is 0 Å². The summed E-state index contributed by atoms with van der Waals surface area (Å²) >= 11 is 11.8. The van der Waals surface area contributed by atoms with Gasteiger partial charge in [0.25, 0.3) is 0 Å². The van der Waals surface area contributed by atoms with E-state index in [1.165, 1.54) is 6.07 Å². The first kappa shape index (κ1) is 14.7. The third kappa shape index (κ3) is 4.12. The fourth-order valence-electron chi connectivity index (χ4n) is 1.27. The molecule has 4 nitrogen and oxygen atoms in total. The molecular weight excluding hydrogens is 283 g/mol. The second-order valence-electron chi connectivity index (χ2n) is 3.96. The average Bonchev–Trinajstić information content (AvgIpc) is 2.17. The number of hydrogen-bond donors (Lipinski definition) is 2. The fraction of sp³-hybridized carbons (Fsp3) is 0.400. The molecule has 0 amide bonds. The van der Waals surface area contributed by atoms with Gasteiger partial charge in [0.1, 0.15) is 4.90 Å². The first-order valence-electron chi connectivity index (χ1n) is 4.96. The summed E-state index contributed by atoms with van der Waals surface area (Å²) in [6, 6.07) is 3.12. The zero-order valence-corrected chi connectivity index (χ0v) is 11.8. The maximum atomic E-state index is 11.3. The Morgan fingerprint density at radius 2 is 1.94 bits per heavy atom. The van der Waals surface area contributed by atoms with Gasteiger partial charge >= 0.3 is 0 Å². The highest BCUT2D eigenvalue weighted by Crippen LogP contribution is 2.28. The highest BCUT2D eigenvalue weighted by Gasteiger charge is 2.17. The van der Waals surface area contributed by atoms with Crippen molar-refractivity contribution in [3.8, 4) is 0 Å². The minimum atomic E-state index is -3.86. The minimum Gasteiger partial charge on any atom is -0.310 e. The lowest BCUT2D eigenvalue weighted by molar-refractivity contribution is 0.586. The molecule has 7 heteroatoms. The van der Waals surface area contributed by atoms with E-state index in [1.807, 2.05) is 13.8 Å². The molecule has 0 radical (unpaired) electrons. The summed E-state index contributed by atoms with van der Waals surface area (Å²) in [5.41, 5.74) is 0.608. The lowest BCUT2D eigenvalue weighted by atomic mass is 10.2. The maximum absolute atomic E-state index is 11.3. The SMILES string of the molecule is CC(C)NCc1cc(Cl)cc(S(N)(=O)=O)c1Cl. The van der Waals surface area contributed by atoms with Crippen molar-refractivity contribution in [3.63, 3.8) is 0 Å². The van der Waals surface area contributed by atoms with Crippen molar-refractivity contribution in [3.05, 3.63) is 27.7 Å². The van der Waals surface area contributed by atoms with Crippen molar-refractivity contribution >= 4 is 33.2 Å². The van der Waals surface area contributed by atoms with Crippen molar-refractivity contribution in [1.82, 2.24) is 5.32 Å². The molecule has 0 aliphatic rings. The monoisotopic (exact) mass is 296 g/mol. The van der Waals surface area contributed by atoms with Crippen LogP contribution in [0.15, 0.2) is 17.0 Å². The van der Waals surface area contributed by atoms with Crippen LogP contribution in [0.1, 0.15) is 19.4 Å². The van der Waals surface area contributed by atoms with Gasteiger partial charge in [-0.15, -0.1) is 0 Å². The number of nitrogens with two attached hydrogens (primary N) is 1. The van der Waals surface area contributed by atoms with Crippen molar-refractivity contribution in [2.24, 2.45) is 5.14 Å². The molecule has 0 unspecified atom stereocenters. The molecule has 17 heavy (non-hydrogen) atoms. The van der Waals surface area contributed by atoms with Gasteiger partial charge < -0.3 is 5.32 Å². The van der Waals surface area contributed by atoms with E-state index in [0.717, 1.165) is 0 Å². The smallest absolute Gasteiger partial charge is 0.239 e. The Balaban J connectivity index is 3.20. The summed E-state index contributed by atoms with van der Waals surface area (Å²) in [4.78, 5) is -0.146. The number of primary sulfonamides is 1. The predicted octanol–water partition coefficient (Wildman–Crippen LogP) is 2.14. The summed E-state index contributed by atoms with van der Waals surface area (Å²) in [5.74, 6) is 0. The first-order valence-corrected chi connectivity index (χ1v) is 7.26. The molecule has 0 bridgehead atoms. The third-order valence-corrected chi connectivity index (χ3v) is 3.80. The topological polar surface area (TPSA) is 72.2 Å². The second-order valence-corrected chi connectivity index (χ2v) is 6.30. The normalized spacial score (nSPS) is 12.1. The van der Waals surface area contributed by atoms with E-state index in [9.17, 15) is 8.42 Å². The number of rotatable bonds is 4. The molecule has 0 saturated carbocycles. The van der Waals surface area contributed by atoms with E-state index in [0.29, 0.717) is 17.1 Å². The van der Waals surface area contributed by atoms with Crippen LogP contribution in [0.4, 0.5) is 0 Å². The Morgan fingerprint density at radius 1 is 1.35 bits per heavy atom. The molecule has 0 heterocycles. The molecular formula is C10H14Cl2N2O2S. The van der Waals surface area contributed by atoms with Gasteiger partial charge in [-0.2, -0.15) is 0 Å². The molecule has 0 fully saturated rings. The standard InChI is InChI=1S/C10H14Cl2N2O2S/c1-6(2)14-5-7-3-8(11)4-9(10(7)12)17(13,15)16/h3-4,6,14H,5H2,1-2H3,(H2,13,15,16). The first-order chi connectivity index (χ1) is 7.71. The Hall–Kier alpha value is -0.330. The van der Waals surface area contributed by atoms with Crippen LogP contribution in [0.2, 0.25) is 10.0 Å². The molecule has 3 N–H and O–H groups in total. The van der Waals surface area contributed by atoms with Crippen LogP contribution >= 0.6 is 23.2 Å². The van der Waals surface area contributed by atoms with E-state index >= 15 is 0 Å². The molecule has 1 rings (SSSR count). The highest BCUT2D eigenvalue weighted by molar-refractivity contribution is 7.89. The molecule has 0 spiro atoms. The maximum Gasteiger partial charge on any atom is 0.239 e. The molecule has 0 aliphatic heterocycles. The van der Waals surface area contributed by atoms with Crippen LogP contribution in [0.3, 0.4) is 0 Å². The number of nitrogens with one attached hydrogen (secondary N) is 1. The minimum absolute atomic E-state index is 0.116. The molecule has 1 aromatic rings. The lowest BCUT2D eigenvalue weighted by Crippen LogP contribution is -2.22. The quantitative estimate of drug-likeness (QED) is 0.894. The zero-order valence-electron chi connectivity index (χ0n) is 9.50. The Labute approximate surface area is 111 Å². The largest absolute Gasteiger partial charge is 0.310 e. The van der Waals surface area contributed by atoms with Gasteiger partial charge in [-0.25, -0.2) is 13.6 Å².